The van der Waals surface area contributed by atoms with Gasteiger partial charge < -0.3 is 23.7 Å². The van der Waals surface area contributed by atoms with Gasteiger partial charge in [-0.15, -0.1) is 0 Å². The van der Waals surface area contributed by atoms with E-state index in [0.29, 0.717) is 48.2 Å². The molecule has 12 heteroatoms. The van der Waals surface area contributed by atoms with E-state index in [0.717, 1.165) is 47.0 Å². The van der Waals surface area contributed by atoms with Gasteiger partial charge >= 0.3 is 5.97 Å². The molecule has 5 aromatic rings. The Morgan fingerprint density at radius 3 is 2.79 bits per heavy atom. The molecule has 3 aromatic heterocycles. The molecule has 0 radical (unpaired) electrons. The lowest BCUT2D eigenvalue weighted by atomic mass is 10.1. The van der Waals surface area contributed by atoms with Crippen LogP contribution in [-0.2, 0) is 42.3 Å². The number of ether oxygens (including phenoxy) is 3. The maximum Gasteiger partial charge on any atom is 0.337 e. The molecule has 10 nitrogen and oxygen atoms in total. The molecule has 1 saturated heterocycles. The number of methoxy groups -OCH3 is 1. The number of fused-ring (bicyclic) bond motifs is 2. The number of carbonyl (C=O) groups is 1. The van der Waals surface area contributed by atoms with Crippen LogP contribution in [0.15, 0.2) is 60.8 Å². The minimum absolute atomic E-state index is 0.0495. The molecule has 1 fully saturated rings. The highest BCUT2D eigenvalue weighted by Crippen LogP contribution is 2.29. The summed E-state index contributed by atoms with van der Waals surface area (Å²) >= 11 is 5.85. The van der Waals surface area contributed by atoms with Gasteiger partial charge in [-0.1, -0.05) is 23.7 Å². The van der Waals surface area contributed by atoms with Crippen LogP contribution in [0, 0.1) is 5.82 Å². The van der Waals surface area contributed by atoms with Gasteiger partial charge in [0.15, 0.2) is 0 Å². The zero-order valence-electron chi connectivity index (χ0n) is 23.4. The first-order valence-electron chi connectivity index (χ1n) is 14.0. The van der Waals surface area contributed by atoms with Gasteiger partial charge in [-0.25, -0.2) is 14.2 Å². The molecule has 7 rings (SSSR count). The van der Waals surface area contributed by atoms with E-state index in [-0.39, 0.29) is 18.7 Å². The van der Waals surface area contributed by atoms with Crippen molar-refractivity contribution in [1.82, 2.24) is 24.3 Å². The largest absolute Gasteiger partial charge is 0.473 e. The van der Waals surface area contributed by atoms with Crippen LogP contribution in [0.1, 0.15) is 39.4 Å². The van der Waals surface area contributed by atoms with Gasteiger partial charge in [0, 0.05) is 41.6 Å². The summed E-state index contributed by atoms with van der Waals surface area (Å²) in [6.45, 7) is 3.18. The summed E-state index contributed by atoms with van der Waals surface area (Å²) in [6.07, 6.45) is 3.15. The number of aromatic nitrogens is 5. The van der Waals surface area contributed by atoms with E-state index in [4.69, 9.17) is 35.9 Å². The Labute approximate surface area is 251 Å². The Balaban J connectivity index is 1.06. The third-order valence-corrected chi connectivity index (χ3v) is 8.02. The van der Waals surface area contributed by atoms with E-state index in [1.165, 1.54) is 13.2 Å². The molecule has 220 valence electrons. The molecule has 0 spiro atoms. The van der Waals surface area contributed by atoms with Crippen LogP contribution in [0.25, 0.3) is 11.0 Å². The maximum absolute atomic E-state index is 14.1. The van der Waals surface area contributed by atoms with E-state index in [9.17, 15) is 9.18 Å². The number of anilines is 1. The molecule has 2 aliphatic heterocycles. The van der Waals surface area contributed by atoms with E-state index < -0.39 is 5.82 Å². The number of hydrogen-bond acceptors (Lipinski definition) is 8. The van der Waals surface area contributed by atoms with E-state index in [1.807, 2.05) is 35.1 Å². The average molecular weight is 603 g/mol. The fourth-order valence-electron chi connectivity index (χ4n) is 5.42. The smallest absolute Gasteiger partial charge is 0.337 e. The Hall–Kier alpha value is -4.48. The van der Waals surface area contributed by atoms with Crippen LogP contribution >= 0.6 is 11.6 Å². The molecule has 0 amide bonds. The fraction of sp³-hybridized carbons (Fsp3) is 0.290. The van der Waals surface area contributed by atoms with Crippen molar-refractivity contribution in [1.29, 1.82) is 0 Å². The normalized spacial score (nSPS) is 15.9. The standard InChI is InChI=1S/C31H28ClFN6O4/c1-41-31(40)19-6-8-25-27(11-19)39(15-23-9-10-42-23)29(34-25)17-38-14-21-13-37(16-26(21)36-38)28-3-2-4-30(35-28)43-18-20-5-7-22(32)12-24(20)33/h2-8,11-12,14,23H,9-10,13,15-18H2,1H3/t23-/m0/s1. The summed E-state index contributed by atoms with van der Waals surface area (Å²) in [7, 11) is 1.38. The zero-order valence-corrected chi connectivity index (χ0v) is 24.1. The van der Waals surface area contributed by atoms with Gasteiger partial charge in [-0.05, 0) is 42.8 Å². The minimum Gasteiger partial charge on any atom is -0.473 e. The van der Waals surface area contributed by atoms with Gasteiger partial charge in [0.2, 0.25) is 5.88 Å². The molecular formula is C31H28ClFN6O4. The summed E-state index contributed by atoms with van der Waals surface area (Å²) in [5.74, 6) is 1.21. The molecule has 2 aromatic carbocycles. The maximum atomic E-state index is 14.1. The lowest BCUT2D eigenvalue weighted by molar-refractivity contribution is -0.0590. The SMILES string of the molecule is COC(=O)c1ccc2nc(Cn3cc4c(n3)CN(c3cccc(OCc5ccc(Cl)cc5F)n3)C4)n(C[C@@H]3CCO3)c2c1. The number of esters is 1. The summed E-state index contributed by atoms with van der Waals surface area (Å²) in [4.78, 5) is 23.8. The summed E-state index contributed by atoms with van der Waals surface area (Å²) in [5, 5.41) is 5.21. The number of nitrogens with zero attached hydrogens (tertiary/aromatic N) is 6. The summed E-state index contributed by atoms with van der Waals surface area (Å²) in [5.41, 5.74) is 4.63. The summed E-state index contributed by atoms with van der Waals surface area (Å²) < 4.78 is 34.6. The predicted octanol–water partition coefficient (Wildman–Crippen LogP) is 5.14. The average Bonchev–Trinajstić information content (AvgIpc) is 3.65. The fourth-order valence-corrected chi connectivity index (χ4v) is 5.58. The van der Waals surface area contributed by atoms with Crippen molar-refractivity contribution in [3.8, 4) is 5.88 Å². The molecule has 0 unspecified atom stereocenters. The first kappa shape index (κ1) is 27.4. The predicted molar refractivity (Wildman–Crippen MR) is 157 cm³/mol. The quantitative estimate of drug-likeness (QED) is 0.214. The van der Waals surface area contributed by atoms with Crippen molar-refractivity contribution in [3.63, 3.8) is 0 Å². The second kappa shape index (κ2) is 11.3. The molecule has 0 bridgehead atoms. The first-order valence-corrected chi connectivity index (χ1v) is 14.3. The lowest BCUT2D eigenvalue weighted by Gasteiger charge is -2.27. The van der Waals surface area contributed by atoms with Gasteiger partial charge in [0.25, 0.3) is 0 Å². The molecule has 0 aliphatic carbocycles. The summed E-state index contributed by atoms with van der Waals surface area (Å²) in [6, 6.07) is 15.5. The van der Waals surface area contributed by atoms with Crippen LogP contribution in [0.3, 0.4) is 0 Å². The molecule has 2 aliphatic rings. The molecule has 0 N–H and O–H groups in total. The van der Waals surface area contributed by atoms with Crippen molar-refractivity contribution in [3.05, 3.63) is 99.8 Å². The van der Waals surface area contributed by atoms with E-state index >= 15 is 0 Å². The van der Waals surface area contributed by atoms with Gasteiger partial charge in [0.1, 0.15) is 24.1 Å². The Bertz CT molecular complexity index is 1810. The monoisotopic (exact) mass is 602 g/mol. The Morgan fingerprint density at radius 2 is 2.02 bits per heavy atom. The third-order valence-electron chi connectivity index (χ3n) is 7.78. The second-order valence-electron chi connectivity index (χ2n) is 10.6. The molecule has 43 heavy (non-hydrogen) atoms. The van der Waals surface area contributed by atoms with Crippen LogP contribution in [-0.4, -0.2) is 50.1 Å². The first-order chi connectivity index (χ1) is 20.9. The van der Waals surface area contributed by atoms with Gasteiger partial charge in [-0.3, -0.25) is 4.68 Å². The van der Waals surface area contributed by atoms with Crippen molar-refractivity contribution in [2.45, 2.75) is 45.3 Å². The number of benzene rings is 2. The minimum atomic E-state index is -0.414. The molecular weight excluding hydrogens is 575 g/mol. The van der Waals surface area contributed by atoms with Crippen LogP contribution in [0.5, 0.6) is 5.88 Å². The lowest BCUT2D eigenvalue weighted by Crippen LogP contribution is -2.32. The zero-order chi connectivity index (χ0) is 29.5. The Kier molecular flexibility index (Phi) is 7.20. The van der Waals surface area contributed by atoms with E-state index in [2.05, 4.69) is 14.5 Å². The number of hydrogen-bond donors (Lipinski definition) is 0. The van der Waals surface area contributed by atoms with Crippen molar-refractivity contribution < 1.29 is 23.4 Å². The number of carbonyl (C=O) groups excluding carboxylic acids is 1. The van der Waals surface area contributed by atoms with Crippen molar-refractivity contribution in [2.24, 2.45) is 0 Å². The Morgan fingerprint density at radius 1 is 1.14 bits per heavy atom. The highest BCUT2D eigenvalue weighted by atomic mass is 35.5. The topological polar surface area (TPSA) is 96.5 Å². The molecule has 0 saturated carbocycles. The van der Waals surface area contributed by atoms with Crippen LogP contribution < -0.4 is 9.64 Å². The van der Waals surface area contributed by atoms with Gasteiger partial charge in [-0.2, -0.15) is 10.1 Å². The highest BCUT2D eigenvalue weighted by Gasteiger charge is 2.26. The third kappa shape index (κ3) is 5.53. The highest BCUT2D eigenvalue weighted by molar-refractivity contribution is 6.30. The second-order valence-corrected chi connectivity index (χ2v) is 11.1. The van der Waals surface area contributed by atoms with E-state index in [1.54, 1.807) is 24.3 Å². The molecule has 1 atom stereocenters. The van der Waals surface area contributed by atoms with Crippen LogP contribution in [0.2, 0.25) is 5.02 Å². The molecule has 5 heterocycles. The number of pyridine rings is 1. The number of halogens is 2. The van der Waals surface area contributed by atoms with Gasteiger partial charge in [0.05, 0.1) is 55.1 Å². The van der Waals surface area contributed by atoms with Crippen molar-refractivity contribution in [2.75, 3.05) is 18.6 Å². The number of rotatable bonds is 9. The number of imidazole rings is 1. The van der Waals surface area contributed by atoms with Crippen molar-refractivity contribution >= 4 is 34.4 Å². The van der Waals surface area contributed by atoms with Crippen LogP contribution in [0.4, 0.5) is 10.2 Å².